The number of hydrogen-bond donors (Lipinski definition) is 0. The Morgan fingerprint density at radius 1 is 0.412 bits per heavy atom. The van der Waals surface area contributed by atoms with Crippen molar-refractivity contribution in [1.29, 1.82) is 0 Å². The van der Waals surface area contributed by atoms with Crippen molar-refractivity contribution in [3.05, 3.63) is 128 Å². The van der Waals surface area contributed by atoms with E-state index in [1.165, 1.54) is 60.0 Å². The van der Waals surface area contributed by atoms with Crippen LogP contribution in [0.4, 0.5) is 0 Å². The molecule has 1 heterocycles. The summed E-state index contributed by atoms with van der Waals surface area (Å²) in [5, 5.41) is 8.67. The van der Waals surface area contributed by atoms with Gasteiger partial charge in [0.1, 0.15) is 0 Å². The molecule has 7 rings (SSSR count). The Balaban J connectivity index is 1.66. The molecule has 0 aliphatic rings. The van der Waals surface area contributed by atoms with E-state index in [2.05, 4.69) is 121 Å². The van der Waals surface area contributed by atoms with Crippen LogP contribution < -0.4 is 0 Å². The Labute approximate surface area is 197 Å². The Morgan fingerprint density at radius 3 is 1.91 bits per heavy atom. The summed E-state index contributed by atoms with van der Waals surface area (Å²) in [6.45, 7) is 0. The van der Waals surface area contributed by atoms with Gasteiger partial charge in [0, 0.05) is 17.1 Å². The average Bonchev–Trinajstić information content (AvgIpc) is 2.91. The molecule has 1 heteroatoms. The summed E-state index contributed by atoms with van der Waals surface area (Å²) in [6.07, 6.45) is 1.91. The molecule has 0 spiro atoms. The molecule has 0 aliphatic carbocycles. The third kappa shape index (κ3) is 2.84. The lowest BCUT2D eigenvalue weighted by atomic mass is 9.86. The number of fused-ring (bicyclic) bond motifs is 4. The molecule has 6 aromatic carbocycles. The lowest BCUT2D eigenvalue weighted by Gasteiger charge is -2.18. The number of aromatic nitrogens is 1. The monoisotopic (exact) mass is 431 g/mol. The van der Waals surface area contributed by atoms with Crippen LogP contribution in [-0.2, 0) is 0 Å². The van der Waals surface area contributed by atoms with Gasteiger partial charge in [-0.2, -0.15) is 0 Å². The standard InChI is InChI=1S/C33H21N/c1-2-11-24-21-25(19-18-22(24)9-1)31-28-14-5-6-15-29(28)32(30-17-8-20-34-33(30)31)27-16-7-12-23-10-3-4-13-26(23)27/h1-21H. The SMILES string of the molecule is c1ccc2cc(-c3c4ccccc4c(-c4cccc5ccccc45)c4cccnc34)ccc2c1. The third-order valence-electron chi connectivity index (χ3n) is 6.88. The molecule has 0 fully saturated rings. The van der Waals surface area contributed by atoms with Crippen LogP contribution in [0, 0.1) is 0 Å². The second-order valence-corrected chi connectivity index (χ2v) is 8.78. The fraction of sp³-hybridized carbons (Fsp3) is 0. The van der Waals surface area contributed by atoms with Gasteiger partial charge in [-0.05, 0) is 61.1 Å². The van der Waals surface area contributed by atoms with Crippen LogP contribution in [0.25, 0.3) is 65.5 Å². The Morgan fingerprint density at radius 2 is 1.06 bits per heavy atom. The lowest BCUT2D eigenvalue weighted by Crippen LogP contribution is -1.93. The minimum atomic E-state index is 1.04. The molecule has 7 aromatic rings. The molecule has 158 valence electrons. The van der Waals surface area contributed by atoms with Gasteiger partial charge >= 0.3 is 0 Å². The highest BCUT2D eigenvalue weighted by Crippen LogP contribution is 2.44. The quantitative estimate of drug-likeness (QED) is 0.249. The lowest BCUT2D eigenvalue weighted by molar-refractivity contribution is 1.42. The molecule has 0 N–H and O–H groups in total. The van der Waals surface area contributed by atoms with Crippen LogP contribution in [0.1, 0.15) is 0 Å². The van der Waals surface area contributed by atoms with Crippen LogP contribution in [0.15, 0.2) is 128 Å². The highest BCUT2D eigenvalue weighted by atomic mass is 14.7. The normalized spacial score (nSPS) is 11.5. The molecule has 0 amide bonds. The molecule has 0 atom stereocenters. The van der Waals surface area contributed by atoms with Gasteiger partial charge in [0.25, 0.3) is 0 Å². The van der Waals surface area contributed by atoms with Crippen molar-refractivity contribution in [2.75, 3.05) is 0 Å². The first kappa shape index (κ1) is 19.0. The maximum Gasteiger partial charge on any atom is 0.0792 e. The molecule has 34 heavy (non-hydrogen) atoms. The van der Waals surface area contributed by atoms with E-state index in [9.17, 15) is 0 Å². The number of rotatable bonds is 2. The maximum atomic E-state index is 4.95. The zero-order chi connectivity index (χ0) is 22.5. The smallest absolute Gasteiger partial charge is 0.0792 e. The van der Waals surface area contributed by atoms with Gasteiger partial charge in [-0.1, -0.05) is 109 Å². The predicted molar refractivity (Wildman–Crippen MR) is 145 cm³/mol. The van der Waals surface area contributed by atoms with Crippen molar-refractivity contribution >= 4 is 43.2 Å². The van der Waals surface area contributed by atoms with Crippen molar-refractivity contribution in [2.45, 2.75) is 0 Å². The van der Waals surface area contributed by atoms with Crippen molar-refractivity contribution in [3.63, 3.8) is 0 Å². The Bertz CT molecular complexity index is 1800. The van der Waals surface area contributed by atoms with E-state index in [0.717, 1.165) is 5.52 Å². The van der Waals surface area contributed by atoms with E-state index < -0.39 is 0 Å². The maximum absolute atomic E-state index is 4.95. The van der Waals surface area contributed by atoms with E-state index in [-0.39, 0.29) is 0 Å². The van der Waals surface area contributed by atoms with E-state index in [1.807, 2.05) is 6.20 Å². The largest absolute Gasteiger partial charge is 0.256 e. The molecule has 0 saturated carbocycles. The van der Waals surface area contributed by atoms with Gasteiger partial charge in [-0.3, -0.25) is 4.98 Å². The van der Waals surface area contributed by atoms with Crippen LogP contribution in [0.5, 0.6) is 0 Å². The molecular formula is C33H21N. The third-order valence-corrected chi connectivity index (χ3v) is 6.88. The Kier molecular flexibility index (Phi) is 4.22. The summed E-state index contributed by atoms with van der Waals surface area (Å²) < 4.78 is 0. The predicted octanol–water partition coefficient (Wildman–Crippen LogP) is 9.03. The summed E-state index contributed by atoms with van der Waals surface area (Å²) in [7, 11) is 0. The molecule has 1 aromatic heterocycles. The zero-order valence-corrected chi connectivity index (χ0v) is 18.6. The highest BCUT2D eigenvalue weighted by molar-refractivity contribution is 6.22. The summed E-state index contributed by atoms with van der Waals surface area (Å²) in [5.74, 6) is 0. The number of hydrogen-bond acceptors (Lipinski definition) is 1. The fourth-order valence-corrected chi connectivity index (χ4v) is 5.37. The summed E-state index contributed by atoms with van der Waals surface area (Å²) in [5.41, 5.74) is 5.93. The van der Waals surface area contributed by atoms with E-state index >= 15 is 0 Å². The van der Waals surface area contributed by atoms with Gasteiger partial charge in [-0.25, -0.2) is 0 Å². The molecule has 0 saturated heterocycles. The molecule has 0 radical (unpaired) electrons. The van der Waals surface area contributed by atoms with E-state index in [4.69, 9.17) is 4.98 Å². The summed E-state index contributed by atoms with van der Waals surface area (Å²) in [4.78, 5) is 4.95. The van der Waals surface area contributed by atoms with Crippen molar-refractivity contribution in [2.24, 2.45) is 0 Å². The highest BCUT2D eigenvalue weighted by Gasteiger charge is 2.18. The second-order valence-electron chi connectivity index (χ2n) is 8.78. The van der Waals surface area contributed by atoms with Gasteiger partial charge in [0.05, 0.1) is 5.52 Å². The second kappa shape index (κ2) is 7.54. The number of pyridine rings is 1. The molecule has 0 aliphatic heterocycles. The van der Waals surface area contributed by atoms with E-state index in [0.29, 0.717) is 0 Å². The van der Waals surface area contributed by atoms with Gasteiger partial charge < -0.3 is 0 Å². The first-order valence-corrected chi connectivity index (χ1v) is 11.7. The number of benzene rings is 6. The van der Waals surface area contributed by atoms with Gasteiger partial charge in [0.2, 0.25) is 0 Å². The molecule has 0 unspecified atom stereocenters. The van der Waals surface area contributed by atoms with Crippen LogP contribution in [0.2, 0.25) is 0 Å². The van der Waals surface area contributed by atoms with Crippen molar-refractivity contribution in [1.82, 2.24) is 4.98 Å². The minimum Gasteiger partial charge on any atom is -0.256 e. The van der Waals surface area contributed by atoms with Crippen LogP contribution in [-0.4, -0.2) is 4.98 Å². The summed E-state index contributed by atoms with van der Waals surface area (Å²) in [6, 6.07) is 43.5. The number of nitrogens with zero attached hydrogens (tertiary/aromatic N) is 1. The average molecular weight is 432 g/mol. The minimum absolute atomic E-state index is 1.04. The van der Waals surface area contributed by atoms with Gasteiger partial charge in [-0.15, -0.1) is 0 Å². The van der Waals surface area contributed by atoms with Crippen molar-refractivity contribution < 1.29 is 0 Å². The van der Waals surface area contributed by atoms with Crippen LogP contribution >= 0.6 is 0 Å². The molecule has 0 bridgehead atoms. The van der Waals surface area contributed by atoms with Gasteiger partial charge in [0.15, 0.2) is 0 Å². The molecule has 1 nitrogen and oxygen atoms in total. The Hall–Kier alpha value is -4.49. The first-order valence-electron chi connectivity index (χ1n) is 11.7. The van der Waals surface area contributed by atoms with E-state index in [1.54, 1.807) is 0 Å². The molecular weight excluding hydrogens is 410 g/mol. The fourth-order valence-electron chi connectivity index (χ4n) is 5.37. The van der Waals surface area contributed by atoms with Crippen LogP contribution in [0.3, 0.4) is 0 Å². The topological polar surface area (TPSA) is 12.9 Å². The summed E-state index contributed by atoms with van der Waals surface area (Å²) >= 11 is 0. The first-order chi connectivity index (χ1) is 16.9. The van der Waals surface area contributed by atoms with Crippen molar-refractivity contribution in [3.8, 4) is 22.3 Å². The zero-order valence-electron chi connectivity index (χ0n) is 18.6.